The van der Waals surface area contributed by atoms with Gasteiger partial charge in [0, 0.05) is 23.8 Å². The Morgan fingerprint density at radius 2 is 1.33 bits per heavy atom. The van der Waals surface area contributed by atoms with Crippen LogP contribution in [0.1, 0.15) is 11.4 Å². The molecule has 0 aliphatic carbocycles. The summed E-state index contributed by atoms with van der Waals surface area (Å²) in [6.07, 6.45) is 8.01. The van der Waals surface area contributed by atoms with Crippen LogP contribution in [0.5, 0.6) is 0 Å². The number of nitrogens with zero attached hydrogens (tertiary/aromatic N) is 2. The number of hydrogen-bond acceptors (Lipinski definition) is 3. The van der Waals surface area contributed by atoms with E-state index in [0.717, 1.165) is 36.6 Å². The molecular formula is C14H17N2PS. The molecule has 0 spiro atoms. The molecule has 0 aliphatic heterocycles. The van der Waals surface area contributed by atoms with E-state index in [4.69, 9.17) is 12.2 Å². The van der Waals surface area contributed by atoms with Crippen molar-refractivity contribution < 1.29 is 0 Å². The lowest BCUT2D eigenvalue weighted by Crippen LogP contribution is -1.97. The van der Waals surface area contributed by atoms with Gasteiger partial charge in [0.15, 0.2) is 0 Å². The molecule has 0 radical (unpaired) electrons. The van der Waals surface area contributed by atoms with E-state index in [2.05, 4.69) is 22.1 Å². The highest BCUT2D eigenvalue weighted by molar-refractivity contribution is 8.45. The molecule has 2 rings (SSSR count). The second-order valence-corrected chi connectivity index (χ2v) is 7.70. The second kappa shape index (κ2) is 7.50. The van der Waals surface area contributed by atoms with Crippen LogP contribution in [-0.4, -0.2) is 22.3 Å². The van der Waals surface area contributed by atoms with Crippen molar-refractivity contribution >= 4 is 19.4 Å². The average molecular weight is 276 g/mol. The first-order valence-corrected chi connectivity index (χ1v) is 8.95. The molecule has 2 nitrogen and oxygen atoms in total. The third-order valence-electron chi connectivity index (χ3n) is 2.70. The normalized spacial score (nSPS) is 10.8. The largest absolute Gasteiger partial charge is 0.261 e. The third kappa shape index (κ3) is 4.75. The number of aryl methyl sites for hydroxylation is 2. The minimum Gasteiger partial charge on any atom is -0.261 e. The molecule has 0 atom stereocenters. The second-order valence-electron chi connectivity index (χ2n) is 4.10. The summed E-state index contributed by atoms with van der Waals surface area (Å²) < 4.78 is 0. The monoisotopic (exact) mass is 276 g/mol. The Balaban J connectivity index is 1.71. The van der Waals surface area contributed by atoms with Crippen molar-refractivity contribution in [2.24, 2.45) is 0 Å². The Bertz CT molecular complexity index is 406. The fourth-order valence-corrected chi connectivity index (χ4v) is 3.49. The van der Waals surface area contributed by atoms with E-state index in [1.54, 1.807) is 0 Å². The molecular weight excluding hydrogens is 259 g/mol. The molecule has 0 saturated carbocycles. The first-order valence-electron chi connectivity index (χ1n) is 6.08. The van der Waals surface area contributed by atoms with Gasteiger partial charge in [-0.2, -0.15) is 12.2 Å². The van der Waals surface area contributed by atoms with Crippen LogP contribution in [0.4, 0.5) is 0 Å². The van der Waals surface area contributed by atoms with Crippen molar-refractivity contribution in [3.05, 3.63) is 60.2 Å². The Labute approximate surface area is 115 Å². The molecule has 0 unspecified atom stereocenters. The van der Waals surface area contributed by atoms with Gasteiger partial charge in [0.05, 0.1) is 0 Å². The standard InChI is InChI=1S/C14H17N2PS/c18-17(11-7-13-5-1-3-9-15-13)12-8-14-6-2-4-10-16-14/h1-6,9-10,18H,7-8,11-12H2. The van der Waals surface area contributed by atoms with E-state index in [9.17, 15) is 0 Å². The highest BCUT2D eigenvalue weighted by atomic mass is 32.7. The molecule has 0 aromatic carbocycles. The van der Waals surface area contributed by atoms with E-state index >= 15 is 0 Å². The summed E-state index contributed by atoms with van der Waals surface area (Å²) in [4.78, 5) is 8.67. The third-order valence-corrected chi connectivity index (χ3v) is 5.38. The van der Waals surface area contributed by atoms with Crippen LogP contribution in [-0.2, 0) is 12.8 Å². The van der Waals surface area contributed by atoms with Crippen LogP contribution in [0.15, 0.2) is 48.8 Å². The molecule has 0 bridgehead atoms. The minimum atomic E-state index is -0.213. The molecule has 0 N–H and O–H groups in total. The van der Waals surface area contributed by atoms with Crippen molar-refractivity contribution in [1.82, 2.24) is 9.97 Å². The zero-order chi connectivity index (χ0) is 12.6. The summed E-state index contributed by atoms with van der Waals surface area (Å²) in [5.74, 6) is 0. The van der Waals surface area contributed by atoms with Gasteiger partial charge in [-0.3, -0.25) is 9.97 Å². The summed E-state index contributed by atoms with van der Waals surface area (Å²) in [6.45, 7) is 0. The Morgan fingerprint density at radius 1 is 0.833 bits per heavy atom. The molecule has 94 valence electrons. The van der Waals surface area contributed by atoms with E-state index in [1.165, 1.54) is 0 Å². The van der Waals surface area contributed by atoms with Gasteiger partial charge in [0.1, 0.15) is 0 Å². The molecule has 2 heterocycles. The minimum absolute atomic E-state index is 0.213. The van der Waals surface area contributed by atoms with E-state index < -0.39 is 0 Å². The summed E-state index contributed by atoms with van der Waals surface area (Å²) in [7, 11) is -0.213. The van der Waals surface area contributed by atoms with E-state index in [0.29, 0.717) is 0 Å². The predicted molar refractivity (Wildman–Crippen MR) is 81.5 cm³/mol. The van der Waals surface area contributed by atoms with Crippen molar-refractivity contribution in [2.45, 2.75) is 12.8 Å². The first-order chi connectivity index (χ1) is 8.84. The summed E-state index contributed by atoms with van der Waals surface area (Å²) in [5.41, 5.74) is 2.33. The fourth-order valence-electron chi connectivity index (χ4n) is 1.69. The summed E-state index contributed by atoms with van der Waals surface area (Å²) in [5, 5.41) is 0. The SMILES string of the molecule is SP(CCc1ccccn1)CCc1ccccn1. The fraction of sp³-hybridized carbons (Fsp3) is 0.286. The summed E-state index contributed by atoms with van der Waals surface area (Å²) in [6, 6.07) is 12.1. The van der Waals surface area contributed by atoms with Gasteiger partial charge < -0.3 is 0 Å². The predicted octanol–water partition coefficient (Wildman–Crippen LogP) is 3.59. The number of rotatable bonds is 6. The zero-order valence-electron chi connectivity index (χ0n) is 10.2. The number of aromatic nitrogens is 2. The molecule has 0 fully saturated rings. The van der Waals surface area contributed by atoms with Crippen LogP contribution in [0, 0.1) is 0 Å². The molecule has 4 heteroatoms. The van der Waals surface area contributed by atoms with Gasteiger partial charge in [0.2, 0.25) is 0 Å². The van der Waals surface area contributed by atoms with Gasteiger partial charge in [-0.05, 0) is 56.6 Å². The number of pyridine rings is 2. The molecule has 2 aromatic rings. The van der Waals surface area contributed by atoms with Gasteiger partial charge >= 0.3 is 0 Å². The molecule has 0 amide bonds. The first kappa shape index (κ1) is 13.5. The molecule has 0 saturated heterocycles. The van der Waals surface area contributed by atoms with Gasteiger partial charge in [-0.1, -0.05) is 12.1 Å². The van der Waals surface area contributed by atoms with E-state index in [-0.39, 0.29) is 7.12 Å². The lowest BCUT2D eigenvalue weighted by molar-refractivity contribution is 1.02. The van der Waals surface area contributed by atoms with Gasteiger partial charge in [0.25, 0.3) is 0 Å². The summed E-state index contributed by atoms with van der Waals surface area (Å²) >= 11 is 4.70. The smallest absolute Gasteiger partial charge is 0.0407 e. The number of hydrogen-bond donors (Lipinski definition) is 1. The Kier molecular flexibility index (Phi) is 5.63. The van der Waals surface area contributed by atoms with Crippen LogP contribution in [0.25, 0.3) is 0 Å². The quantitative estimate of drug-likeness (QED) is 0.644. The molecule has 0 aliphatic rings. The maximum absolute atomic E-state index is 4.70. The molecule has 18 heavy (non-hydrogen) atoms. The van der Waals surface area contributed by atoms with Gasteiger partial charge in [-0.25, -0.2) is 0 Å². The van der Waals surface area contributed by atoms with Crippen molar-refractivity contribution in [3.63, 3.8) is 0 Å². The van der Waals surface area contributed by atoms with Crippen LogP contribution in [0.3, 0.4) is 0 Å². The van der Waals surface area contributed by atoms with E-state index in [1.807, 2.05) is 36.7 Å². The Morgan fingerprint density at radius 3 is 1.72 bits per heavy atom. The lowest BCUT2D eigenvalue weighted by Gasteiger charge is -2.10. The van der Waals surface area contributed by atoms with Crippen molar-refractivity contribution in [1.29, 1.82) is 0 Å². The topological polar surface area (TPSA) is 25.8 Å². The zero-order valence-corrected chi connectivity index (χ0v) is 12.0. The maximum Gasteiger partial charge on any atom is 0.0407 e. The molecule has 2 aromatic heterocycles. The van der Waals surface area contributed by atoms with Crippen LogP contribution in [0.2, 0.25) is 0 Å². The highest BCUT2D eigenvalue weighted by Gasteiger charge is 2.04. The van der Waals surface area contributed by atoms with Crippen LogP contribution < -0.4 is 0 Å². The van der Waals surface area contributed by atoms with Crippen LogP contribution >= 0.6 is 19.4 Å². The van der Waals surface area contributed by atoms with Crippen molar-refractivity contribution in [3.8, 4) is 0 Å². The Hall–Kier alpha value is -0.920. The average Bonchev–Trinajstić information content (AvgIpc) is 2.45. The lowest BCUT2D eigenvalue weighted by atomic mass is 10.3. The highest BCUT2D eigenvalue weighted by Crippen LogP contribution is 2.41. The maximum atomic E-state index is 4.70. The number of thiol groups is 1. The van der Waals surface area contributed by atoms with Crippen molar-refractivity contribution in [2.75, 3.05) is 12.3 Å². The van der Waals surface area contributed by atoms with Gasteiger partial charge in [-0.15, -0.1) is 0 Å².